The summed E-state index contributed by atoms with van der Waals surface area (Å²) in [5.41, 5.74) is 15.5. The van der Waals surface area contributed by atoms with Crippen LogP contribution in [-0.4, -0.2) is 19.6 Å². The van der Waals surface area contributed by atoms with Crippen molar-refractivity contribution in [3.63, 3.8) is 0 Å². The van der Waals surface area contributed by atoms with E-state index in [0.29, 0.717) is 11.4 Å². The van der Waals surface area contributed by atoms with Crippen LogP contribution in [0.15, 0.2) is 193 Å². The van der Waals surface area contributed by atoms with Gasteiger partial charge >= 0.3 is 0 Å². The summed E-state index contributed by atoms with van der Waals surface area (Å²) in [6, 6.07) is 64.8. The van der Waals surface area contributed by atoms with Gasteiger partial charge in [0.05, 0.1) is 28.0 Å². The van der Waals surface area contributed by atoms with E-state index in [1.54, 1.807) is 0 Å². The molecule has 0 saturated heterocycles. The van der Waals surface area contributed by atoms with Gasteiger partial charge in [0.15, 0.2) is 0 Å². The molecular weight excluding hydrogens is 891 g/mol. The number of nitrogens with zero attached hydrogens (tertiary/aromatic N) is 3. The van der Waals surface area contributed by atoms with Gasteiger partial charge in [-0.1, -0.05) is 190 Å². The Morgan fingerprint density at radius 1 is 0.466 bits per heavy atom. The number of pyridine rings is 1. The Morgan fingerprint density at radius 3 is 1.89 bits per heavy atom. The zero-order valence-electron chi connectivity index (χ0n) is 43.1. The summed E-state index contributed by atoms with van der Waals surface area (Å²) in [4.78, 5) is 10.9. The van der Waals surface area contributed by atoms with Crippen LogP contribution in [0.25, 0.3) is 116 Å². The maximum absolute atomic E-state index is 12.8. The molecule has 0 atom stereocenters. The average Bonchev–Trinajstić information content (AvgIpc) is 3.97. The van der Waals surface area contributed by atoms with Crippen LogP contribution < -0.4 is 0 Å². The first-order chi connectivity index (χ1) is 35.0. The lowest BCUT2D eigenvalue weighted by atomic mass is 9.79. The number of furan rings is 1. The lowest BCUT2D eigenvalue weighted by Crippen LogP contribution is -2.17. The number of aromatic nitrogens is 3. The molecule has 0 aliphatic rings. The Labute approximate surface area is 427 Å². The summed E-state index contributed by atoms with van der Waals surface area (Å²) in [6.45, 7) is 20.0. The number of benzene rings is 9. The van der Waals surface area contributed by atoms with E-state index >= 15 is 0 Å². The van der Waals surface area contributed by atoms with Crippen molar-refractivity contribution in [2.75, 3.05) is 0 Å². The quantitative estimate of drug-likeness (QED) is 0.169. The van der Waals surface area contributed by atoms with Crippen molar-refractivity contribution in [3.05, 3.63) is 205 Å². The second kappa shape index (κ2) is 16.9. The number of phenols is 1. The number of hydrogen-bond donors (Lipinski definition) is 1. The summed E-state index contributed by atoms with van der Waals surface area (Å²) in [7, 11) is 0. The smallest absolute Gasteiger partial charge is 0.149 e. The Bertz CT molecular complexity index is 4140. The Kier molecular flexibility index (Phi) is 10.6. The average molecular weight is 950 g/mol. The Hall–Kier alpha value is -8.28. The molecule has 0 bridgehead atoms. The van der Waals surface area contributed by atoms with Crippen molar-refractivity contribution in [3.8, 4) is 67.5 Å². The van der Waals surface area contributed by atoms with Crippen LogP contribution in [0.5, 0.6) is 5.75 Å². The lowest BCUT2D eigenvalue weighted by Gasteiger charge is -2.28. The van der Waals surface area contributed by atoms with Gasteiger partial charge < -0.3 is 9.52 Å². The molecule has 1 N–H and O–H groups in total. The number of imidazole rings is 1. The van der Waals surface area contributed by atoms with Crippen LogP contribution in [0.2, 0.25) is 0 Å². The van der Waals surface area contributed by atoms with Crippen LogP contribution in [0.4, 0.5) is 0 Å². The highest BCUT2D eigenvalue weighted by Gasteiger charge is 2.30. The molecule has 3 heterocycles. The van der Waals surface area contributed by atoms with Gasteiger partial charge in [0.25, 0.3) is 0 Å². The van der Waals surface area contributed by atoms with Gasteiger partial charge in [-0.05, 0) is 115 Å². The van der Waals surface area contributed by atoms with Crippen molar-refractivity contribution in [2.45, 2.75) is 78.6 Å². The number of phenolic OH excluding ortho intramolecular Hbond substituents is 1. The topological polar surface area (TPSA) is 64.1 Å². The largest absolute Gasteiger partial charge is 0.507 e. The van der Waals surface area contributed by atoms with E-state index in [1.807, 2.05) is 12.3 Å². The van der Waals surface area contributed by atoms with Crippen LogP contribution in [0.3, 0.4) is 0 Å². The standard InChI is InChI=1S/C68H59N3O2/c1-66(2,3)47-30-31-57(51(38-47)42-21-14-11-15-22-42)71-58-26-18-25-50(62(58)70-65(71)54-39-48(67(4,5)6)40-55(63(54)72)68(7,8)9)52-35-46(56-37-45(33-34-69-56)41-19-12-10-13-20-41)36-53-61-59(73-64(52)53)32-29-44-28-27-43-23-16-17-24-49(43)60(44)61/h10-40,72H,1-9H3. The predicted molar refractivity (Wildman–Crippen MR) is 306 cm³/mol. The van der Waals surface area contributed by atoms with Gasteiger partial charge in [-0.15, -0.1) is 0 Å². The zero-order valence-corrected chi connectivity index (χ0v) is 43.1. The molecule has 5 heteroatoms. The molecule has 0 aliphatic heterocycles. The van der Waals surface area contributed by atoms with E-state index in [2.05, 4.69) is 243 Å². The number of hydrogen-bond acceptors (Lipinski definition) is 4. The number of fused-ring (bicyclic) bond motifs is 8. The molecule has 0 unspecified atom stereocenters. The maximum atomic E-state index is 12.8. The SMILES string of the molecule is CC(C)(C)c1ccc(-n2c(-c3cc(C(C)(C)C)cc(C(C)(C)C)c3O)nc3c(-c4cc(-c5cc(-c6ccccc6)ccn5)cc5c4oc4ccc6ccc7ccccc7c6c45)cccc32)c(-c2ccccc2)c1. The first-order valence-electron chi connectivity index (χ1n) is 25.4. The molecule has 0 amide bonds. The molecule has 5 nitrogen and oxygen atoms in total. The molecule has 9 aromatic carbocycles. The van der Waals surface area contributed by atoms with E-state index in [4.69, 9.17) is 14.4 Å². The first-order valence-corrected chi connectivity index (χ1v) is 25.4. The van der Waals surface area contributed by atoms with Gasteiger partial charge in [-0.2, -0.15) is 0 Å². The molecule has 12 aromatic rings. The minimum absolute atomic E-state index is 0.105. The highest BCUT2D eigenvalue weighted by molar-refractivity contribution is 6.28. The minimum atomic E-state index is -0.361. The highest BCUT2D eigenvalue weighted by Crippen LogP contribution is 2.49. The fourth-order valence-electron chi connectivity index (χ4n) is 10.8. The summed E-state index contributed by atoms with van der Waals surface area (Å²) in [5, 5.41) is 19.5. The molecule has 0 saturated carbocycles. The van der Waals surface area contributed by atoms with Gasteiger partial charge in [-0.25, -0.2) is 4.98 Å². The highest BCUT2D eigenvalue weighted by atomic mass is 16.3. The molecule has 3 aromatic heterocycles. The Balaban J connectivity index is 1.22. The molecule has 0 fully saturated rings. The van der Waals surface area contributed by atoms with Gasteiger partial charge in [-0.3, -0.25) is 9.55 Å². The summed E-state index contributed by atoms with van der Waals surface area (Å²) in [5.74, 6) is 0.889. The third kappa shape index (κ3) is 7.86. The molecule has 0 spiro atoms. The molecular formula is C68H59N3O2. The van der Waals surface area contributed by atoms with E-state index in [1.165, 1.54) is 16.3 Å². The molecule has 0 radical (unpaired) electrons. The molecule has 73 heavy (non-hydrogen) atoms. The zero-order chi connectivity index (χ0) is 50.6. The third-order valence-corrected chi connectivity index (χ3v) is 14.8. The van der Waals surface area contributed by atoms with Crippen LogP contribution >= 0.6 is 0 Å². The number of para-hydroxylation sites is 1. The van der Waals surface area contributed by atoms with E-state index in [0.717, 1.165) is 105 Å². The lowest BCUT2D eigenvalue weighted by molar-refractivity contribution is 0.446. The predicted octanol–water partition coefficient (Wildman–Crippen LogP) is 18.6. The number of aromatic hydroxyl groups is 1. The van der Waals surface area contributed by atoms with Crippen LogP contribution in [-0.2, 0) is 16.2 Å². The summed E-state index contributed by atoms with van der Waals surface area (Å²) < 4.78 is 9.47. The molecule has 0 aliphatic carbocycles. The first kappa shape index (κ1) is 45.8. The van der Waals surface area contributed by atoms with Gasteiger partial charge in [0.1, 0.15) is 22.7 Å². The van der Waals surface area contributed by atoms with Crippen molar-refractivity contribution in [1.29, 1.82) is 0 Å². The van der Waals surface area contributed by atoms with Crippen LogP contribution in [0, 0.1) is 0 Å². The fraction of sp³-hybridized carbons (Fsp3) is 0.176. The van der Waals surface area contributed by atoms with E-state index < -0.39 is 0 Å². The van der Waals surface area contributed by atoms with Crippen molar-refractivity contribution < 1.29 is 9.52 Å². The maximum Gasteiger partial charge on any atom is 0.149 e. The van der Waals surface area contributed by atoms with E-state index in [-0.39, 0.29) is 22.0 Å². The monoisotopic (exact) mass is 949 g/mol. The fourth-order valence-corrected chi connectivity index (χ4v) is 10.8. The second-order valence-electron chi connectivity index (χ2n) is 22.8. The Morgan fingerprint density at radius 2 is 1.15 bits per heavy atom. The minimum Gasteiger partial charge on any atom is -0.507 e. The van der Waals surface area contributed by atoms with Crippen LogP contribution in [0.1, 0.15) is 79.0 Å². The summed E-state index contributed by atoms with van der Waals surface area (Å²) in [6.07, 6.45) is 1.91. The normalized spacial score (nSPS) is 12.5. The van der Waals surface area contributed by atoms with Crippen molar-refractivity contribution >= 4 is 54.5 Å². The second-order valence-corrected chi connectivity index (χ2v) is 22.8. The summed E-state index contributed by atoms with van der Waals surface area (Å²) >= 11 is 0. The molecule has 12 rings (SSSR count). The molecule has 358 valence electrons. The number of rotatable bonds is 6. The van der Waals surface area contributed by atoms with Gasteiger partial charge in [0.2, 0.25) is 0 Å². The van der Waals surface area contributed by atoms with Crippen molar-refractivity contribution in [1.82, 2.24) is 14.5 Å². The van der Waals surface area contributed by atoms with Crippen molar-refractivity contribution in [2.24, 2.45) is 0 Å². The van der Waals surface area contributed by atoms with Gasteiger partial charge in [0, 0.05) is 50.2 Å². The van der Waals surface area contributed by atoms with E-state index in [9.17, 15) is 5.11 Å². The third-order valence-electron chi connectivity index (χ3n) is 14.8.